The summed E-state index contributed by atoms with van der Waals surface area (Å²) < 4.78 is 25.9. The Morgan fingerprint density at radius 2 is 2.15 bits per heavy atom. The second kappa shape index (κ2) is 3.47. The van der Waals surface area contributed by atoms with Crippen LogP contribution in [0.5, 0.6) is 0 Å². The molecule has 74 valence electrons. The predicted octanol–water partition coefficient (Wildman–Crippen LogP) is 0.153. The molecule has 0 fully saturated rings. The molecule has 0 aliphatic heterocycles. The SMILES string of the molecule is CCn1cnc(S(=O)(=O)N(C)C)c1. The number of hydrogen-bond acceptors (Lipinski definition) is 3. The van der Waals surface area contributed by atoms with Crippen LogP contribution < -0.4 is 0 Å². The van der Waals surface area contributed by atoms with Crippen molar-refractivity contribution < 1.29 is 8.42 Å². The van der Waals surface area contributed by atoms with Gasteiger partial charge in [0.25, 0.3) is 10.0 Å². The van der Waals surface area contributed by atoms with Gasteiger partial charge in [0, 0.05) is 26.8 Å². The highest BCUT2D eigenvalue weighted by atomic mass is 32.2. The van der Waals surface area contributed by atoms with E-state index in [0.29, 0.717) is 0 Å². The van der Waals surface area contributed by atoms with Crippen LogP contribution in [-0.2, 0) is 16.6 Å². The number of hydrogen-bond donors (Lipinski definition) is 0. The maximum atomic E-state index is 11.5. The van der Waals surface area contributed by atoms with Gasteiger partial charge in [-0.25, -0.2) is 17.7 Å². The van der Waals surface area contributed by atoms with Crippen molar-refractivity contribution in [2.75, 3.05) is 14.1 Å². The molecule has 0 aliphatic rings. The molecule has 1 heterocycles. The van der Waals surface area contributed by atoms with Crippen molar-refractivity contribution in [3.63, 3.8) is 0 Å². The number of sulfonamides is 1. The van der Waals surface area contributed by atoms with Crippen molar-refractivity contribution >= 4 is 10.0 Å². The first-order chi connectivity index (χ1) is 5.98. The van der Waals surface area contributed by atoms with E-state index in [1.807, 2.05) is 6.92 Å². The summed E-state index contributed by atoms with van der Waals surface area (Å²) in [4.78, 5) is 3.81. The smallest absolute Gasteiger partial charge is 0.261 e. The summed E-state index contributed by atoms with van der Waals surface area (Å²) in [7, 11) is -0.392. The fraction of sp³-hybridized carbons (Fsp3) is 0.571. The number of nitrogens with zero attached hydrogens (tertiary/aromatic N) is 3. The topological polar surface area (TPSA) is 55.2 Å². The van der Waals surface area contributed by atoms with Crippen molar-refractivity contribution in [2.45, 2.75) is 18.5 Å². The van der Waals surface area contributed by atoms with Crippen LogP contribution in [0.4, 0.5) is 0 Å². The normalized spacial score (nSPS) is 12.3. The van der Waals surface area contributed by atoms with Crippen LogP contribution in [0.1, 0.15) is 6.92 Å². The summed E-state index contributed by atoms with van der Waals surface area (Å²) in [5.74, 6) is 0. The van der Waals surface area contributed by atoms with Gasteiger partial charge < -0.3 is 4.57 Å². The summed E-state index contributed by atoms with van der Waals surface area (Å²) in [6.45, 7) is 2.64. The molecule has 6 heteroatoms. The lowest BCUT2D eigenvalue weighted by molar-refractivity contribution is 0.517. The third-order valence-corrected chi connectivity index (χ3v) is 3.42. The van der Waals surface area contributed by atoms with Gasteiger partial charge in [-0.2, -0.15) is 0 Å². The Bertz CT molecular complexity index is 380. The second-order valence-corrected chi connectivity index (χ2v) is 4.93. The molecule has 0 bridgehead atoms. The molecule has 0 amide bonds. The maximum Gasteiger partial charge on any atom is 0.261 e. The van der Waals surface area contributed by atoms with Gasteiger partial charge >= 0.3 is 0 Å². The molecule has 0 aliphatic carbocycles. The Morgan fingerprint density at radius 1 is 1.54 bits per heavy atom. The van der Waals surface area contributed by atoms with Crippen molar-refractivity contribution in [2.24, 2.45) is 0 Å². The van der Waals surface area contributed by atoms with Gasteiger partial charge in [-0.05, 0) is 6.92 Å². The molecule has 1 rings (SSSR count). The standard InChI is InChI=1S/C7H13N3O2S/c1-4-10-5-7(8-6-10)13(11,12)9(2)3/h5-6H,4H2,1-3H3. The van der Waals surface area contributed by atoms with E-state index in [-0.39, 0.29) is 5.03 Å². The summed E-state index contributed by atoms with van der Waals surface area (Å²) >= 11 is 0. The first-order valence-corrected chi connectivity index (χ1v) is 5.36. The van der Waals surface area contributed by atoms with Crippen molar-refractivity contribution in [1.29, 1.82) is 0 Å². The Morgan fingerprint density at radius 3 is 2.54 bits per heavy atom. The monoisotopic (exact) mass is 203 g/mol. The molecule has 0 aromatic carbocycles. The number of aryl methyl sites for hydroxylation is 1. The lowest BCUT2D eigenvalue weighted by atomic mass is 10.7. The van der Waals surface area contributed by atoms with Crippen LogP contribution in [-0.4, -0.2) is 36.4 Å². The van der Waals surface area contributed by atoms with E-state index in [9.17, 15) is 8.42 Å². The molecule has 0 N–H and O–H groups in total. The summed E-state index contributed by atoms with van der Waals surface area (Å²) in [6.07, 6.45) is 3.03. The van der Waals surface area contributed by atoms with Gasteiger partial charge in [-0.1, -0.05) is 0 Å². The molecular formula is C7H13N3O2S. The van der Waals surface area contributed by atoms with Crippen LogP contribution in [0.25, 0.3) is 0 Å². The molecule has 13 heavy (non-hydrogen) atoms. The van der Waals surface area contributed by atoms with E-state index in [1.54, 1.807) is 4.57 Å². The fourth-order valence-electron chi connectivity index (χ4n) is 0.833. The van der Waals surface area contributed by atoms with E-state index < -0.39 is 10.0 Å². The molecule has 0 atom stereocenters. The largest absolute Gasteiger partial charge is 0.336 e. The van der Waals surface area contributed by atoms with E-state index in [2.05, 4.69) is 4.98 Å². The van der Waals surface area contributed by atoms with Gasteiger partial charge in [-0.3, -0.25) is 0 Å². The lowest BCUT2D eigenvalue weighted by Gasteiger charge is -2.07. The minimum atomic E-state index is -3.36. The number of rotatable bonds is 3. The average molecular weight is 203 g/mol. The van der Waals surface area contributed by atoms with Crippen molar-refractivity contribution in [3.05, 3.63) is 12.5 Å². The van der Waals surface area contributed by atoms with Crippen LogP contribution in [0.3, 0.4) is 0 Å². The Balaban J connectivity index is 3.09. The zero-order chi connectivity index (χ0) is 10.1. The molecular weight excluding hydrogens is 190 g/mol. The Hall–Kier alpha value is -0.880. The second-order valence-electron chi connectivity index (χ2n) is 2.83. The van der Waals surface area contributed by atoms with Crippen molar-refractivity contribution in [3.8, 4) is 0 Å². The summed E-state index contributed by atoms with van der Waals surface area (Å²) in [6, 6.07) is 0. The maximum absolute atomic E-state index is 11.5. The van der Waals surface area contributed by atoms with Gasteiger partial charge in [-0.15, -0.1) is 0 Å². The summed E-state index contributed by atoms with van der Waals surface area (Å²) in [5, 5.41) is 0.0966. The average Bonchev–Trinajstić information content (AvgIpc) is 2.51. The van der Waals surface area contributed by atoms with E-state index in [1.165, 1.54) is 26.6 Å². The molecule has 5 nitrogen and oxygen atoms in total. The highest BCUT2D eigenvalue weighted by molar-refractivity contribution is 7.89. The van der Waals surface area contributed by atoms with Gasteiger partial charge in [0.05, 0.1) is 6.33 Å². The van der Waals surface area contributed by atoms with Crippen molar-refractivity contribution in [1.82, 2.24) is 13.9 Å². The van der Waals surface area contributed by atoms with Crippen LogP contribution in [0.2, 0.25) is 0 Å². The van der Waals surface area contributed by atoms with E-state index in [4.69, 9.17) is 0 Å². The Labute approximate surface area is 78.1 Å². The van der Waals surface area contributed by atoms with E-state index >= 15 is 0 Å². The quantitative estimate of drug-likeness (QED) is 0.703. The van der Waals surface area contributed by atoms with Crippen LogP contribution in [0.15, 0.2) is 17.6 Å². The number of aromatic nitrogens is 2. The molecule has 0 radical (unpaired) electrons. The van der Waals surface area contributed by atoms with Gasteiger partial charge in [0.2, 0.25) is 0 Å². The minimum absolute atomic E-state index is 0.0966. The zero-order valence-corrected chi connectivity index (χ0v) is 8.74. The molecule has 0 saturated heterocycles. The molecule has 0 spiro atoms. The highest BCUT2D eigenvalue weighted by Gasteiger charge is 2.19. The molecule has 1 aromatic heterocycles. The highest BCUT2D eigenvalue weighted by Crippen LogP contribution is 2.09. The van der Waals surface area contributed by atoms with E-state index in [0.717, 1.165) is 10.8 Å². The fourth-order valence-corrected chi connectivity index (χ4v) is 1.66. The minimum Gasteiger partial charge on any atom is -0.336 e. The van der Waals surface area contributed by atoms with Crippen LogP contribution in [0, 0.1) is 0 Å². The third-order valence-electron chi connectivity index (χ3n) is 1.72. The molecule has 0 saturated carbocycles. The van der Waals surface area contributed by atoms with Gasteiger partial charge in [0.1, 0.15) is 0 Å². The zero-order valence-electron chi connectivity index (χ0n) is 7.93. The molecule has 1 aromatic rings. The van der Waals surface area contributed by atoms with Crippen LogP contribution >= 0.6 is 0 Å². The Kier molecular flexibility index (Phi) is 2.72. The predicted molar refractivity (Wildman–Crippen MR) is 48.8 cm³/mol. The summed E-state index contributed by atoms with van der Waals surface area (Å²) in [5.41, 5.74) is 0. The van der Waals surface area contributed by atoms with Gasteiger partial charge in [0.15, 0.2) is 5.03 Å². The lowest BCUT2D eigenvalue weighted by Crippen LogP contribution is -2.22. The molecule has 0 unspecified atom stereocenters. The first kappa shape index (κ1) is 10.2. The first-order valence-electron chi connectivity index (χ1n) is 3.92. The third kappa shape index (κ3) is 1.89. The number of imidazole rings is 1.